The van der Waals surface area contributed by atoms with E-state index in [9.17, 15) is 0 Å². The quantitative estimate of drug-likeness (QED) is 0.558. The van der Waals surface area contributed by atoms with Crippen LogP contribution in [0.2, 0.25) is 0 Å². The summed E-state index contributed by atoms with van der Waals surface area (Å²) in [7, 11) is 1.57. The Kier molecular flexibility index (Phi) is 3.72. The van der Waals surface area contributed by atoms with Crippen molar-refractivity contribution in [1.29, 1.82) is 0 Å². The van der Waals surface area contributed by atoms with Crippen LogP contribution in [-0.2, 0) is 0 Å². The predicted molar refractivity (Wildman–Crippen MR) is 79.5 cm³/mol. The van der Waals surface area contributed by atoms with Crippen molar-refractivity contribution in [1.82, 2.24) is 20.4 Å². The molecule has 3 N–H and O–H groups in total. The van der Waals surface area contributed by atoms with Crippen LogP contribution >= 0.6 is 0 Å². The summed E-state index contributed by atoms with van der Waals surface area (Å²) >= 11 is 0. The SMILES string of the molecule is COc1cc(C(NN)c2ccc3ncccc3c2)ncn1. The van der Waals surface area contributed by atoms with Gasteiger partial charge >= 0.3 is 0 Å². The molecule has 3 aromatic rings. The van der Waals surface area contributed by atoms with Gasteiger partial charge in [0.05, 0.1) is 24.4 Å². The second-order valence-electron chi connectivity index (χ2n) is 4.54. The molecule has 1 unspecified atom stereocenters. The van der Waals surface area contributed by atoms with E-state index in [-0.39, 0.29) is 6.04 Å². The Bertz CT molecular complexity index is 762. The lowest BCUT2D eigenvalue weighted by Crippen LogP contribution is -2.29. The van der Waals surface area contributed by atoms with Gasteiger partial charge in [-0.1, -0.05) is 12.1 Å². The number of pyridine rings is 1. The molecule has 0 aliphatic rings. The van der Waals surface area contributed by atoms with Crippen LogP contribution in [0.1, 0.15) is 17.3 Å². The molecule has 1 aromatic carbocycles. The molecular formula is C15H15N5O. The number of ether oxygens (including phenoxy) is 1. The summed E-state index contributed by atoms with van der Waals surface area (Å²) in [5.74, 6) is 6.21. The first-order valence-corrected chi connectivity index (χ1v) is 6.48. The first kappa shape index (κ1) is 13.4. The largest absolute Gasteiger partial charge is 0.481 e. The molecule has 0 aliphatic carbocycles. The smallest absolute Gasteiger partial charge is 0.216 e. The number of fused-ring (bicyclic) bond motifs is 1. The van der Waals surface area contributed by atoms with Crippen LogP contribution in [0.15, 0.2) is 48.9 Å². The molecule has 0 amide bonds. The highest BCUT2D eigenvalue weighted by Crippen LogP contribution is 2.24. The molecule has 0 fully saturated rings. The Morgan fingerprint density at radius 1 is 1.14 bits per heavy atom. The van der Waals surface area contributed by atoms with Crippen LogP contribution in [-0.4, -0.2) is 22.1 Å². The van der Waals surface area contributed by atoms with Gasteiger partial charge in [-0.2, -0.15) is 0 Å². The van der Waals surface area contributed by atoms with Gasteiger partial charge < -0.3 is 4.74 Å². The number of methoxy groups -OCH3 is 1. The van der Waals surface area contributed by atoms with Gasteiger partial charge in [0.15, 0.2) is 0 Å². The zero-order chi connectivity index (χ0) is 14.7. The molecule has 0 spiro atoms. The third-order valence-corrected chi connectivity index (χ3v) is 3.30. The van der Waals surface area contributed by atoms with Crippen molar-refractivity contribution < 1.29 is 4.74 Å². The molecule has 0 bridgehead atoms. The van der Waals surface area contributed by atoms with Gasteiger partial charge in [0, 0.05) is 17.6 Å². The van der Waals surface area contributed by atoms with E-state index in [0.29, 0.717) is 5.88 Å². The lowest BCUT2D eigenvalue weighted by atomic mass is 10.0. The van der Waals surface area contributed by atoms with Crippen molar-refractivity contribution in [3.8, 4) is 5.88 Å². The average molecular weight is 281 g/mol. The first-order valence-electron chi connectivity index (χ1n) is 6.48. The highest BCUT2D eigenvalue weighted by atomic mass is 16.5. The molecule has 106 valence electrons. The fourth-order valence-electron chi connectivity index (χ4n) is 2.25. The summed E-state index contributed by atoms with van der Waals surface area (Å²) in [6.07, 6.45) is 3.23. The number of benzene rings is 1. The van der Waals surface area contributed by atoms with E-state index in [2.05, 4.69) is 20.4 Å². The molecule has 6 nitrogen and oxygen atoms in total. The van der Waals surface area contributed by atoms with Crippen LogP contribution in [0.3, 0.4) is 0 Å². The van der Waals surface area contributed by atoms with Crippen molar-refractivity contribution in [2.24, 2.45) is 5.84 Å². The van der Waals surface area contributed by atoms with Gasteiger partial charge in [-0.05, 0) is 23.8 Å². The van der Waals surface area contributed by atoms with Crippen LogP contribution < -0.4 is 16.0 Å². The minimum absolute atomic E-state index is 0.244. The topological polar surface area (TPSA) is 86.0 Å². The van der Waals surface area contributed by atoms with Gasteiger partial charge in [0.2, 0.25) is 5.88 Å². The highest BCUT2D eigenvalue weighted by Gasteiger charge is 2.15. The monoisotopic (exact) mass is 281 g/mol. The van der Waals surface area contributed by atoms with Crippen LogP contribution in [0.4, 0.5) is 0 Å². The number of aromatic nitrogens is 3. The second-order valence-corrected chi connectivity index (χ2v) is 4.54. The van der Waals surface area contributed by atoms with E-state index >= 15 is 0 Å². The first-order chi connectivity index (χ1) is 10.3. The van der Waals surface area contributed by atoms with Crippen LogP contribution in [0.25, 0.3) is 10.9 Å². The number of nitrogens with zero attached hydrogens (tertiary/aromatic N) is 3. The summed E-state index contributed by atoms with van der Waals surface area (Å²) in [6, 6.07) is 11.4. The van der Waals surface area contributed by atoms with Crippen molar-refractivity contribution in [2.45, 2.75) is 6.04 Å². The predicted octanol–water partition coefficient (Wildman–Crippen LogP) is 1.59. The summed E-state index contributed by atoms with van der Waals surface area (Å²) in [5, 5.41) is 1.05. The van der Waals surface area contributed by atoms with E-state index < -0.39 is 0 Å². The summed E-state index contributed by atoms with van der Waals surface area (Å²) in [6.45, 7) is 0. The zero-order valence-corrected chi connectivity index (χ0v) is 11.5. The van der Waals surface area contributed by atoms with Crippen molar-refractivity contribution in [2.75, 3.05) is 7.11 Å². The maximum atomic E-state index is 5.71. The van der Waals surface area contributed by atoms with E-state index in [4.69, 9.17) is 10.6 Å². The molecule has 21 heavy (non-hydrogen) atoms. The third-order valence-electron chi connectivity index (χ3n) is 3.30. The molecule has 3 rings (SSSR count). The fourth-order valence-corrected chi connectivity index (χ4v) is 2.25. The lowest BCUT2D eigenvalue weighted by Gasteiger charge is -2.16. The van der Waals surface area contributed by atoms with Crippen molar-refractivity contribution in [3.63, 3.8) is 0 Å². The standard InChI is InChI=1S/C15H15N5O/c1-21-14-8-13(18-9-19-14)15(20-16)11-4-5-12-10(7-11)3-2-6-17-12/h2-9,15,20H,16H2,1H3. The number of hydrogen-bond donors (Lipinski definition) is 2. The molecule has 6 heteroatoms. The Morgan fingerprint density at radius 3 is 2.86 bits per heavy atom. The molecule has 2 aromatic heterocycles. The van der Waals surface area contributed by atoms with Crippen LogP contribution in [0, 0.1) is 0 Å². The van der Waals surface area contributed by atoms with Crippen molar-refractivity contribution >= 4 is 10.9 Å². The highest BCUT2D eigenvalue weighted by molar-refractivity contribution is 5.79. The Morgan fingerprint density at radius 2 is 2.05 bits per heavy atom. The summed E-state index contributed by atoms with van der Waals surface area (Å²) < 4.78 is 5.13. The number of rotatable bonds is 4. The van der Waals surface area contributed by atoms with Gasteiger partial charge in [-0.15, -0.1) is 0 Å². The molecule has 0 saturated carbocycles. The number of nitrogens with two attached hydrogens (primary N) is 1. The second kappa shape index (κ2) is 5.82. The maximum absolute atomic E-state index is 5.71. The molecule has 0 aliphatic heterocycles. The minimum Gasteiger partial charge on any atom is -0.481 e. The summed E-state index contributed by atoms with van der Waals surface area (Å²) in [4.78, 5) is 12.6. The number of hydrazine groups is 1. The molecule has 2 heterocycles. The van der Waals surface area contributed by atoms with Gasteiger partial charge in [-0.3, -0.25) is 10.8 Å². The van der Waals surface area contributed by atoms with Gasteiger partial charge in [0.25, 0.3) is 0 Å². The molecule has 1 atom stereocenters. The Balaban J connectivity index is 2.04. The van der Waals surface area contributed by atoms with Crippen LogP contribution in [0.5, 0.6) is 5.88 Å². The third kappa shape index (κ3) is 2.67. The maximum Gasteiger partial charge on any atom is 0.216 e. The average Bonchev–Trinajstić information content (AvgIpc) is 2.56. The van der Waals surface area contributed by atoms with E-state index in [1.165, 1.54) is 6.33 Å². The minimum atomic E-state index is -0.244. The molecule has 0 radical (unpaired) electrons. The van der Waals surface area contributed by atoms with E-state index in [1.54, 1.807) is 19.4 Å². The van der Waals surface area contributed by atoms with Crippen molar-refractivity contribution in [3.05, 3.63) is 60.2 Å². The number of nitrogens with one attached hydrogen (secondary N) is 1. The number of hydrogen-bond acceptors (Lipinski definition) is 6. The molecule has 0 saturated heterocycles. The zero-order valence-electron chi connectivity index (χ0n) is 11.5. The lowest BCUT2D eigenvalue weighted by molar-refractivity contribution is 0.395. The molecular weight excluding hydrogens is 266 g/mol. The summed E-state index contributed by atoms with van der Waals surface area (Å²) in [5.41, 5.74) is 5.47. The van der Waals surface area contributed by atoms with Gasteiger partial charge in [-0.25, -0.2) is 15.4 Å². The van der Waals surface area contributed by atoms with E-state index in [1.807, 2.05) is 30.3 Å². The van der Waals surface area contributed by atoms with E-state index in [0.717, 1.165) is 22.2 Å². The normalized spacial score (nSPS) is 12.3. The van der Waals surface area contributed by atoms with Gasteiger partial charge in [0.1, 0.15) is 6.33 Å². The Hall–Kier alpha value is -2.57. The Labute approximate surface area is 122 Å². The fraction of sp³-hybridized carbons (Fsp3) is 0.133.